The second-order valence-corrected chi connectivity index (χ2v) is 9.94. The van der Waals surface area contributed by atoms with Gasteiger partial charge in [-0.1, -0.05) is 35.5 Å². The van der Waals surface area contributed by atoms with Crippen LogP contribution in [0.5, 0.6) is 5.75 Å². The smallest absolute Gasteiger partial charge is 0.259 e. The van der Waals surface area contributed by atoms with E-state index in [0.717, 1.165) is 30.4 Å². The Kier molecular flexibility index (Phi) is 5.45. The number of anilines is 2. The van der Waals surface area contributed by atoms with Crippen molar-refractivity contribution in [2.75, 3.05) is 23.4 Å². The topological polar surface area (TPSA) is 123 Å². The quantitative estimate of drug-likeness (QED) is 0.403. The van der Waals surface area contributed by atoms with Crippen LogP contribution in [0.2, 0.25) is 0 Å². The number of pyridine rings is 1. The van der Waals surface area contributed by atoms with Crippen LogP contribution in [0.25, 0.3) is 22.4 Å². The monoisotopic (exact) mass is 478 g/mol. The van der Waals surface area contributed by atoms with E-state index in [1.807, 2.05) is 30.3 Å². The van der Waals surface area contributed by atoms with Gasteiger partial charge in [0.25, 0.3) is 11.6 Å². The van der Waals surface area contributed by atoms with Crippen molar-refractivity contribution in [2.24, 2.45) is 0 Å². The molecule has 2 heterocycles. The molecule has 0 aliphatic heterocycles. The molecule has 0 saturated heterocycles. The van der Waals surface area contributed by atoms with Crippen LogP contribution >= 0.6 is 0 Å². The molecule has 4 aromatic rings. The minimum absolute atomic E-state index is 0.219. The van der Waals surface area contributed by atoms with E-state index in [1.165, 1.54) is 13.2 Å². The first-order valence-corrected chi connectivity index (χ1v) is 12.5. The molecule has 1 amide bonds. The number of carbonyl (C=O) groups is 1. The number of nitrogens with one attached hydrogen (secondary N) is 2. The molecule has 1 aliphatic carbocycles. The summed E-state index contributed by atoms with van der Waals surface area (Å²) in [6, 6.07) is 16.0. The highest BCUT2D eigenvalue weighted by atomic mass is 32.2. The van der Waals surface area contributed by atoms with Crippen LogP contribution in [0.1, 0.15) is 34.8 Å². The number of ether oxygens (including phenoxy) is 1. The second-order valence-electron chi connectivity index (χ2n) is 8.19. The molecule has 0 unspecified atom stereocenters. The third kappa shape index (κ3) is 4.44. The fourth-order valence-corrected chi connectivity index (χ4v) is 4.35. The average Bonchev–Trinajstić information content (AvgIpc) is 3.57. The fourth-order valence-electron chi connectivity index (χ4n) is 3.79. The molecule has 1 saturated carbocycles. The number of fused-ring (bicyclic) bond motifs is 1. The van der Waals surface area contributed by atoms with E-state index in [0.29, 0.717) is 39.7 Å². The van der Waals surface area contributed by atoms with E-state index in [9.17, 15) is 13.2 Å². The van der Waals surface area contributed by atoms with Crippen molar-refractivity contribution < 1.29 is 22.5 Å². The zero-order valence-electron chi connectivity index (χ0n) is 18.5. The Morgan fingerprint density at radius 2 is 1.88 bits per heavy atom. The number of nitrogens with zero attached hydrogens (tertiary/aromatic N) is 2. The van der Waals surface area contributed by atoms with E-state index < -0.39 is 10.0 Å². The molecule has 2 aromatic carbocycles. The zero-order chi connectivity index (χ0) is 23.9. The van der Waals surface area contributed by atoms with Gasteiger partial charge in [0.05, 0.1) is 30.0 Å². The minimum Gasteiger partial charge on any atom is -0.495 e. The standard InChI is InChI=1S/C24H22N4O5S/c1-32-20-11-10-16(12-19(20)28-34(2,30)31)25-23(29)17-13-18(14-8-9-14)26-24-21(17)22(27-33-24)15-6-4-3-5-7-15/h3-7,10-14,28H,8-9H2,1-2H3,(H,25,29). The molecule has 1 fully saturated rings. The zero-order valence-corrected chi connectivity index (χ0v) is 19.3. The average molecular weight is 479 g/mol. The number of benzene rings is 2. The number of sulfonamides is 1. The third-order valence-electron chi connectivity index (χ3n) is 5.51. The maximum atomic E-state index is 13.5. The maximum absolute atomic E-state index is 13.5. The van der Waals surface area contributed by atoms with Crippen molar-refractivity contribution >= 4 is 38.4 Å². The van der Waals surface area contributed by atoms with Crippen LogP contribution in [-0.4, -0.2) is 37.8 Å². The Morgan fingerprint density at radius 3 is 2.56 bits per heavy atom. The Morgan fingerprint density at radius 1 is 1.12 bits per heavy atom. The van der Waals surface area contributed by atoms with Crippen molar-refractivity contribution in [2.45, 2.75) is 18.8 Å². The van der Waals surface area contributed by atoms with Gasteiger partial charge in [0.15, 0.2) is 0 Å². The number of methoxy groups -OCH3 is 1. The van der Waals surface area contributed by atoms with Crippen molar-refractivity contribution in [1.29, 1.82) is 0 Å². The molecule has 0 bridgehead atoms. The largest absolute Gasteiger partial charge is 0.495 e. The van der Waals surface area contributed by atoms with Crippen LogP contribution in [0, 0.1) is 0 Å². The van der Waals surface area contributed by atoms with Crippen molar-refractivity contribution in [3.05, 3.63) is 65.9 Å². The van der Waals surface area contributed by atoms with Gasteiger partial charge in [0.1, 0.15) is 11.4 Å². The lowest BCUT2D eigenvalue weighted by Crippen LogP contribution is -2.15. The Balaban J connectivity index is 1.57. The molecule has 0 radical (unpaired) electrons. The summed E-state index contributed by atoms with van der Waals surface area (Å²) in [5, 5.41) is 7.58. The molecule has 5 rings (SSSR count). The summed E-state index contributed by atoms with van der Waals surface area (Å²) >= 11 is 0. The summed E-state index contributed by atoms with van der Waals surface area (Å²) in [4.78, 5) is 18.1. The first-order chi connectivity index (χ1) is 16.3. The minimum atomic E-state index is -3.54. The normalized spacial score (nSPS) is 13.6. The van der Waals surface area contributed by atoms with Crippen LogP contribution in [-0.2, 0) is 10.0 Å². The molecule has 9 nitrogen and oxygen atoms in total. The van der Waals surface area contributed by atoms with Crippen molar-refractivity contribution in [3.63, 3.8) is 0 Å². The van der Waals surface area contributed by atoms with Gasteiger partial charge < -0.3 is 14.6 Å². The summed E-state index contributed by atoms with van der Waals surface area (Å²) in [5.74, 6) is 0.245. The van der Waals surface area contributed by atoms with Crippen LogP contribution in [0.4, 0.5) is 11.4 Å². The Bertz CT molecular complexity index is 1490. The highest BCUT2D eigenvalue weighted by molar-refractivity contribution is 7.92. The Labute approximate surface area is 196 Å². The lowest BCUT2D eigenvalue weighted by atomic mass is 10.0. The number of carbonyl (C=O) groups excluding carboxylic acids is 1. The highest BCUT2D eigenvalue weighted by Crippen LogP contribution is 2.41. The number of amides is 1. The Hall–Kier alpha value is -3.92. The molecule has 34 heavy (non-hydrogen) atoms. The molecule has 2 aromatic heterocycles. The second kappa shape index (κ2) is 8.45. The molecule has 1 aliphatic rings. The van der Waals surface area contributed by atoms with Gasteiger partial charge in [0, 0.05) is 22.9 Å². The molecule has 10 heteroatoms. The SMILES string of the molecule is COc1ccc(NC(=O)c2cc(C3CC3)nc3onc(-c4ccccc4)c23)cc1NS(C)(=O)=O. The van der Waals surface area contributed by atoms with E-state index in [2.05, 4.69) is 20.2 Å². The fraction of sp³-hybridized carbons (Fsp3) is 0.208. The van der Waals surface area contributed by atoms with E-state index in [-0.39, 0.29) is 11.6 Å². The maximum Gasteiger partial charge on any atom is 0.259 e. The van der Waals surface area contributed by atoms with Gasteiger partial charge in [-0.2, -0.15) is 0 Å². The molecule has 0 atom stereocenters. The lowest BCUT2D eigenvalue weighted by Gasteiger charge is -2.13. The van der Waals surface area contributed by atoms with E-state index in [1.54, 1.807) is 18.2 Å². The van der Waals surface area contributed by atoms with Crippen molar-refractivity contribution in [1.82, 2.24) is 10.1 Å². The first kappa shape index (κ1) is 21.9. The molecular formula is C24H22N4O5S. The van der Waals surface area contributed by atoms with Crippen LogP contribution in [0.3, 0.4) is 0 Å². The summed E-state index contributed by atoms with van der Waals surface area (Å²) < 4.78 is 36.6. The third-order valence-corrected chi connectivity index (χ3v) is 6.10. The number of hydrogen-bond donors (Lipinski definition) is 2. The summed E-state index contributed by atoms with van der Waals surface area (Å²) in [6.07, 6.45) is 3.07. The van der Waals surface area contributed by atoms with Gasteiger partial charge in [0.2, 0.25) is 10.0 Å². The van der Waals surface area contributed by atoms with Gasteiger partial charge >= 0.3 is 0 Å². The van der Waals surface area contributed by atoms with Crippen molar-refractivity contribution in [3.8, 4) is 17.0 Å². The number of aromatic nitrogens is 2. The van der Waals surface area contributed by atoms with Crippen LogP contribution in [0.15, 0.2) is 59.1 Å². The lowest BCUT2D eigenvalue weighted by molar-refractivity contribution is 0.102. The van der Waals surface area contributed by atoms with Gasteiger partial charge in [-0.15, -0.1) is 0 Å². The van der Waals surface area contributed by atoms with Gasteiger partial charge in [-0.05, 0) is 37.1 Å². The summed E-state index contributed by atoms with van der Waals surface area (Å²) in [5.41, 5.74) is 3.44. The predicted octanol–water partition coefficient (Wildman–Crippen LogP) is 4.40. The van der Waals surface area contributed by atoms with E-state index >= 15 is 0 Å². The van der Waals surface area contributed by atoms with E-state index in [4.69, 9.17) is 9.26 Å². The van der Waals surface area contributed by atoms with Gasteiger partial charge in [-0.3, -0.25) is 9.52 Å². The number of hydrogen-bond acceptors (Lipinski definition) is 7. The summed E-state index contributed by atoms with van der Waals surface area (Å²) in [7, 11) is -2.11. The molecule has 2 N–H and O–H groups in total. The highest BCUT2D eigenvalue weighted by Gasteiger charge is 2.29. The molecule has 0 spiro atoms. The van der Waals surface area contributed by atoms with Gasteiger partial charge in [-0.25, -0.2) is 13.4 Å². The first-order valence-electron chi connectivity index (χ1n) is 10.7. The van der Waals surface area contributed by atoms with Crippen LogP contribution < -0.4 is 14.8 Å². The predicted molar refractivity (Wildman–Crippen MR) is 129 cm³/mol. The molecule has 174 valence electrons. The number of rotatable bonds is 7. The molecular weight excluding hydrogens is 456 g/mol. The summed E-state index contributed by atoms with van der Waals surface area (Å²) in [6.45, 7) is 0.